The van der Waals surface area contributed by atoms with E-state index in [1.54, 1.807) is 48.5 Å². The van der Waals surface area contributed by atoms with Crippen LogP contribution in [0.4, 0.5) is 5.69 Å². The van der Waals surface area contributed by atoms with Gasteiger partial charge in [0.1, 0.15) is 24.7 Å². The molecule has 9 nitrogen and oxygen atoms in total. The highest BCUT2D eigenvalue weighted by molar-refractivity contribution is 7.80. The number of rotatable bonds is 10. The number of hydrogen-bond donors (Lipinski definition) is 4. The fourth-order valence-electron chi connectivity index (χ4n) is 3.15. The van der Waals surface area contributed by atoms with E-state index >= 15 is 0 Å². The third kappa shape index (κ3) is 8.93. The van der Waals surface area contributed by atoms with Crippen molar-refractivity contribution in [2.24, 2.45) is 0 Å². The highest BCUT2D eigenvalue weighted by Gasteiger charge is 2.14. The molecule has 0 saturated heterocycles. The Hall–Kier alpha value is -4.44. The minimum Gasteiger partial charge on any atom is -0.490 e. The number of anilines is 1. The Bertz CT molecular complexity index is 1220. The molecule has 0 heterocycles. The Morgan fingerprint density at radius 3 is 2.19 bits per heavy atom. The van der Waals surface area contributed by atoms with Crippen molar-refractivity contribution in [2.75, 3.05) is 18.5 Å². The first kappa shape index (κ1) is 27.2. The van der Waals surface area contributed by atoms with Gasteiger partial charge in [-0.05, 0) is 67.2 Å². The van der Waals surface area contributed by atoms with Crippen LogP contribution in [0.15, 0.2) is 78.9 Å². The van der Waals surface area contributed by atoms with Gasteiger partial charge in [-0.25, -0.2) is 0 Å². The second-order valence-electron chi connectivity index (χ2n) is 7.74. The molecule has 0 fully saturated rings. The summed E-state index contributed by atoms with van der Waals surface area (Å²) >= 11 is 5.13. The fourth-order valence-corrected chi connectivity index (χ4v) is 3.29. The van der Waals surface area contributed by atoms with Crippen molar-refractivity contribution < 1.29 is 23.9 Å². The maximum atomic E-state index is 12.7. The normalized spacial score (nSPS) is 10.1. The second kappa shape index (κ2) is 14.2. The molecular weight excluding hydrogens is 492 g/mol. The topological polar surface area (TPSA) is 118 Å². The Kier molecular flexibility index (Phi) is 10.4. The molecule has 0 aliphatic heterocycles. The van der Waals surface area contributed by atoms with Gasteiger partial charge < -0.3 is 14.8 Å². The van der Waals surface area contributed by atoms with E-state index in [2.05, 4.69) is 21.5 Å². The van der Waals surface area contributed by atoms with E-state index in [1.165, 1.54) is 0 Å². The number of hydrogen-bond acceptors (Lipinski definition) is 6. The highest BCUT2D eigenvalue weighted by atomic mass is 32.1. The molecular formula is C27H28N4O5S. The summed E-state index contributed by atoms with van der Waals surface area (Å²) in [7, 11) is 0. The van der Waals surface area contributed by atoms with Crippen LogP contribution in [0.2, 0.25) is 0 Å². The average molecular weight is 521 g/mol. The van der Waals surface area contributed by atoms with Crippen LogP contribution in [0.5, 0.6) is 11.5 Å². The SMILES string of the molecule is CCCC(=O)Nc1ccc(C(=O)NNC(=S)NC(=O)c2ccccc2OCCOc2ccccc2)cc1. The molecule has 0 bridgehead atoms. The van der Waals surface area contributed by atoms with E-state index in [9.17, 15) is 14.4 Å². The standard InChI is InChI=1S/C27H28N4O5S/c1-2-8-24(32)28-20-15-13-19(14-16-20)25(33)30-31-27(37)29-26(34)22-11-6-7-12-23(22)36-18-17-35-21-9-4-3-5-10-21/h3-7,9-16H,2,8,17-18H2,1H3,(H,28,32)(H,30,33)(H2,29,31,34,37). The van der Waals surface area contributed by atoms with Crippen LogP contribution >= 0.6 is 12.2 Å². The van der Waals surface area contributed by atoms with Crippen molar-refractivity contribution in [1.29, 1.82) is 0 Å². The van der Waals surface area contributed by atoms with E-state index in [-0.39, 0.29) is 23.2 Å². The lowest BCUT2D eigenvalue weighted by atomic mass is 10.2. The van der Waals surface area contributed by atoms with Gasteiger partial charge in [0.2, 0.25) is 5.91 Å². The molecule has 0 saturated carbocycles. The summed E-state index contributed by atoms with van der Waals surface area (Å²) in [4.78, 5) is 36.8. The first-order valence-corrected chi connectivity index (χ1v) is 12.1. The van der Waals surface area contributed by atoms with Gasteiger partial charge in [0.15, 0.2) is 5.11 Å². The summed E-state index contributed by atoms with van der Waals surface area (Å²) in [5.74, 6) is 0.0403. The molecule has 0 aliphatic carbocycles. The highest BCUT2D eigenvalue weighted by Crippen LogP contribution is 2.18. The molecule has 10 heteroatoms. The first-order chi connectivity index (χ1) is 18.0. The molecule has 0 spiro atoms. The number of nitrogens with one attached hydrogen (secondary N) is 4. The van der Waals surface area contributed by atoms with E-state index in [1.807, 2.05) is 37.3 Å². The molecule has 192 valence electrons. The second-order valence-corrected chi connectivity index (χ2v) is 8.15. The average Bonchev–Trinajstić information content (AvgIpc) is 2.91. The van der Waals surface area contributed by atoms with Crippen molar-refractivity contribution in [3.63, 3.8) is 0 Å². The predicted molar refractivity (Wildman–Crippen MR) is 145 cm³/mol. The van der Waals surface area contributed by atoms with Crippen molar-refractivity contribution in [3.05, 3.63) is 90.0 Å². The lowest BCUT2D eigenvalue weighted by Crippen LogP contribution is -2.48. The molecule has 3 amide bonds. The molecule has 0 radical (unpaired) electrons. The summed E-state index contributed by atoms with van der Waals surface area (Å²) in [5.41, 5.74) is 6.14. The Balaban J connectivity index is 1.45. The van der Waals surface area contributed by atoms with Gasteiger partial charge in [-0.1, -0.05) is 37.3 Å². The number of thiocarbonyl (C=S) groups is 1. The molecule has 4 N–H and O–H groups in total. The number of benzene rings is 3. The van der Waals surface area contributed by atoms with E-state index in [0.29, 0.717) is 30.0 Å². The largest absolute Gasteiger partial charge is 0.490 e. The van der Waals surface area contributed by atoms with Crippen molar-refractivity contribution in [1.82, 2.24) is 16.2 Å². The monoisotopic (exact) mass is 520 g/mol. The zero-order valence-electron chi connectivity index (χ0n) is 20.3. The van der Waals surface area contributed by atoms with Gasteiger partial charge >= 0.3 is 0 Å². The first-order valence-electron chi connectivity index (χ1n) is 11.7. The quantitative estimate of drug-likeness (QED) is 0.182. The number of carbonyl (C=O) groups excluding carboxylic acids is 3. The maximum absolute atomic E-state index is 12.7. The van der Waals surface area contributed by atoms with Crippen molar-refractivity contribution in [2.45, 2.75) is 19.8 Å². The Morgan fingerprint density at radius 2 is 1.46 bits per heavy atom. The third-order valence-electron chi connectivity index (χ3n) is 4.91. The molecule has 3 rings (SSSR count). The molecule has 0 atom stereocenters. The zero-order valence-corrected chi connectivity index (χ0v) is 21.1. The number of ether oxygens (including phenoxy) is 2. The Morgan fingerprint density at radius 1 is 0.784 bits per heavy atom. The molecule has 0 aromatic heterocycles. The molecule has 37 heavy (non-hydrogen) atoms. The minimum absolute atomic E-state index is 0.0880. The van der Waals surface area contributed by atoms with E-state index in [4.69, 9.17) is 21.7 Å². The third-order valence-corrected chi connectivity index (χ3v) is 5.11. The van der Waals surface area contributed by atoms with Gasteiger partial charge in [0.25, 0.3) is 11.8 Å². The summed E-state index contributed by atoms with van der Waals surface area (Å²) in [6.07, 6.45) is 1.17. The lowest BCUT2D eigenvalue weighted by molar-refractivity contribution is -0.116. The van der Waals surface area contributed by atoms with E-state index in [0.717, 1.165) is 12.2 Å². The molecule has 3 aromatic rings. The summed E-state index contributed by atoms with van der Waals surface area (Å²) in [6, 6.07) is 22.5. The zero-order chi connectivity index (χ0) is 26.5. The van der Waals surface area contributed by atoms with Crippen LogP contribution in [0, 0.1) is 0 Å². The van der Waals surface area contributed by atoms with Crippen molar-refractivity contribution >= 4 is 40.7 Å². The molecule has 0 aliphatic rings. The van der Waals surface area contributed by atoms with Crippen LogP contribution in [-0.2, 0) is 4.79 Å². The molecule has 3 aromatic carbocycles. The summed E-state index contributed by atoms with van der Waals surface area (Å²) in [6.45, 7) is 2.46. The smallest absolute Gasteiger partial charge is 0.269 e. The minimum atomic E-state index is -0.501. The van der Waals surface area contributed by atoms with Crippen LogP contribution in [0.25, 0.3) is 0 Å². The van der Waals surface area contributed by atoms with Gasteiger partial charge in [-0.15, -0.1) is 0 Å². The van der Waals surface area contributed by atoms with Gasteiger partial charge in [-0.2, -0.15) is 0 Å². The van der Waals surface area contributed by atoms with Gasteiger partial charge in [-0.3, -0.25) is 30.6 Å². The van der Waals surface area contributed by atoms with Crippen LogP contribution < -0.4 is 31.0 Å². The Labute approximate surface area is 220 Å². The summed E-state index contributed by atoms with van der Waals surface area (Å²) < 4.78 is 11.3. The number of hydrazine groups is 1. The predicted octanol–water partition coefficient (Wildman–Crippen LogP) is 3.83. The number of para-hydroxylation sites is 2. The van der Waals surface area contributed by atoms with Gasteiger partial charge in [0.05, 0.1) is 5.56 Å². The fraction of sp³-hybridized carbons (Fsp3) is 0.185. The number of amides is 3. The maximum Gasteiger partial charge on any atom is 0.269 e. The number of carbonyl (C=O) groups is 3. The van der Waals surface area contributed by atoms with Crippen LogP contribution in [0.3, 0.4) is 0 Å². The lowest BCUT2D eigenvalue weighted by Gasteiger charge is -2.14. The summed E-state index contributed by atoms with van der Waals surface area (Å²) in [5, 5.41) is 5.17. The van der Waals surface area contributed by atoms with E-state index < -0.39 is 11.8 Å². The van der Waals surface area contributed by atoms with Crippen molar-refractivity contribution in [3.8, 4) is 11.5 Å². The van der Waals surface area contributed by atoms with Crippen LogP contribution in [-0.4, -0.2) is 36.0 Å². The molecule has 0 unspecified atom stereocenters. The van der Waals surface area contributed by atoms with Gasteiger partial charge in [0, 0.05) is 17.7 Å². The van der Waals surface area contributed by atoms with Crippen LogP contribution in [0.1, 0.15) is 40.5 Å².